The van der Waals surface area contributed by atoms with Crippen LogP contribution in [0.2, 0.25) is 10.0 Å². The van der Waals surface area contributed by atoms with Gasteiger partial charge in [-0.3, -0.25) is 9.69 Å². The van der Waals surface area contributed by atoms with E-state index in [-0.39, 0.29) is 12.3 Å². The molecular weight excluding hydrogens is 494 g/mol. The van der Waals surface area contributed by atoms with Crippen LogP contribution in [0.4, 0.5) is 18.9 Å². The van der Waals surface area contributed by atoms with Gasteiger partial charge in [0.2, 0.25) is 0 Å². The molecule has 0 aromatic heterocycles. The van der Waals surface area contributed by atoms with E-state index in [1.165, 1.54) is 22.7 Å². The Morgan fingerprint density at radius 2 is 1.82 bits per heavy atom. The van der Waals surface area contributed by atoms with Crippen molar-refractivity contribution < 1.29 is 18.0 Å². The maximum atomic E-state index is 14.4. The molecule has 0 radical (unpaired) electrons. The van der Waals surface area contributed by atoms with E-state index in [9.17, 15) is 18.0 Å². The van der Waals surface area contributed by atoms with E-state index in [1.54, 1.807) is 41.3 Å². The minimum atomic E-state index is -4.44. The minimum absolute atomic E-state index is 0.136. The Labute approximate surface area is 205 Å². The fourth-order valence-corrected chi connectivity index (χ4v) is 5.59. The Balaban J connectivity index is 1.64. The van der Waals surface area contributed by atoms with Crippen LogP contribution in [0.3, 0.4) is 0 Å². The van der Waals surface area contributed by atoms with Gasteiger partial charge in [0.1, 0.15) is 5.54 Å². The van der Waals surface area contributed by atoms with Crippen molar-refractivity contribution in [1.29, 1.82) is 0 Å². The number of halogens is 5. The quantitative estimate of drug-likeness (QED) is 0.502. The average molecular weight is 518 g/mol. The Bertz CT molecular complexity index is 1020. The third-order valence-electron chi connectivity index (χ3n) is 6.24. The molecule has 178 valence electrons. The predicted octanol–water partition coefficient (Wildman–Crippen LogP) is 5.39. The SMILES string of the molecule is CN1CCN(C2(C(F)(F)F)C=C(C=C3SCCN(c4ccc(Cl)c(Cl)c4)C3=O)C=CC2)CC1. The van der Waals surface area contributed by atoms with Crippen LogP contribution >= 0.6 is 35.0 Å². The lowest BCUT2D eigenvalue weighted by Gasteiger charge is -2.47. The summed E-state index contributed by atoms with van der Waals surface area (Å²) in [6, 6.07) is 4.95. The van der Waals surface area contributed by atoms with Crippen molar-refractivity contribution in [1.82, 2.24) is 9.80 Å². The number of rotatable bonds is 3. The van der Waals surface area contributed by atoms with E-state index in [1.807, 2.05) is 11.9 Å². The summed E-state index contributed by atoms with van der Waals surface area (Å²) in [5.74, 6) is 0.360. The first-order chi connectivity index (χ1) is 15.6. The molecule has 1 aromatic rings. The maximum absolute atomic E-state index is 14.4. The lowest BCUT2D eigenvalue weighted by atomic mass is 9.84. The molecule has 0 bridgehead atoms. The summed E-state index contributed by atoms with van der Waals surface area (Å²) >= 11 is 13.4. The molecule has 0 N–H and O–H groups in total. The van der Waals surface area contributed by atoms with Crippen LogP contribution in [-0.2, 0) is 4.79 Å². The van der Waals surface area contributed by atoms with Crippen LogP contribution in [0.25, 0.3) is 0 Å². The molecule has 1 aliphatic carbocycles. The van der Waals surface area contributed by atoms with Gasteiger partial charge in [-0.2, -0.15) is 13.2 Å². The molecule has 2 fully saturated rings. The molecule has 4 nitrogen and oxygen atoms in total. The molecule has 2 saturated heterocycles. The van der Waals surface area contributed by atoms with E-state index in [2.05, 4.69) is 0 Å². The number of amides is 1. The predicted molar refractivity (Wildman–Crippen MR) is 129 cm³/mol. The first kappa shape index (κ1) is 24.7. The summed E-state index contributed by atoms with van der Waals surface area (Å²) in [5, 5.41) is 0.727. The maximum Gasteiger partial charge on any atom is 0.410 e. The standard InChI is InChI=1S/C23H24Cl2F3N3OS/c1-29-7-9-30(10-8-29)22(23(26,27)28)6-2-3-16(15-22)13-20-21(32)31(11-12-33-20)17-4-5-18(24)19(25)14-17/h2-5,13-15H,6-12H2,1H3. The molecule has 0 spiro atoms. The van der Waals surface area contributed by atoms with E-state index in [0.717, 1.165) is 0 Å². The summed E-state index contributed by atoms with van der Waals surface area (Å²) in [6.45, 7) is 2.31. The van der Waals surface area contributed by atoms with Crippen LogP contribution in [0, 0.1) is 0 Å². The van der Waals surface area contributed by atoms with Gasteiger partial charge in [0.25, 0.3) is 5.91 Å². The van der Waals surface area contributed by atoms with Crippen molar-refractivity contribution in [2.45, 2.75) is 18.1 Å². The Hall–Kier alpha value is -1.45. The third-order valence-corrected chi connectivity index (χ3v) is 7.97. The first-order valence-electron chi connectivity index (χ1n) is 10.6. The van der Waals surface area contributed by atoms with Crippen molar-refractivity contribution >= 4 is 46.6 Å². The number of anilines is 1. The highest BCUT2D eigenvalue weighted by molar-refractivity contribution is 8.04. The van der Waals surface area contributed by atoms with Crippen LogP contribution in [-0.4, -0.2) is 72.9 Å². The number of allylic oxidation sites excluding steroid dienone is 3. The van der Waals surface area contributed by atoms with Crippen molar-refractivity contribution in [2.75, 3.05) is 50.4 Å². The zero-order chi connectivity index (χ0) is 23.8. The summed E-state index contributed by atoms with van der Waals surface area (Å²) in [4.78, 5) is 18.7. The van der Waals surface area contributed by atoms with Gasteiger partial charge in [-0.25, -0.2) is 0 Å². The fraction of sp³-hybridized carbons (Fsp3) is 0.435. The van der Waals surface area contributed by atoms with E-state index in [4.69, 9.17) is 23.2 Å². The second-order valence-corrected chi connectivity index (χ2v) is 10.3. The molecule has 1 atom stereocenters. The number of likely N-dealkylation sites (N-methyl/N-ethyl adjacent to an activating group) is 1. The van der Waals surface area contributed by atoms with Crippen molar-refractivity contribution in [2.24, 2.45) is 0 Å². The Morgan fingerprint density at radius 1 is 1.09 bits per heavy atom. The van der Waals surface area contributed by atoms with Gasteiger partial charge in [-0.1, -0.05) is 35.4 Å². The van der Waals surface area contributed by atoms with Crippen molar-refractivity contribution in [3.63, 3.8) is 0 Å². The Morgan fingerprint density at radius 3 is 2.48 bits per heavy atom. The number of piperazine rings is 1. The highest BCUT2D eigenvalue weighted by atomic mass is 35.5. The summed E-state index contributed by atoms with van der Waals surface area (Å²) < 4.78 is 43.2. The number of thioether (sulfide) groups is 1. The molecule has 2 aliphatic heterocycles. The lowest BCUT2D eigenvalue weighted by molar-refractivity contribution is -0.218. The summed E-state index contributed by atoms with van der Waals surface area (Å²) in [5.41, 5.74) is -1.07. The number of carbonyl (C=O) groups excluding carboxylic acids is 1. The molecule has 4 rings (SSSR count). The van der Waals surface area contributed by atoms with Gasteiger partial charge < -0.3 is 9.80 Å². The molecule has 10 heteroatoms. The zero-order valence-electron chi connectivity index (χ0n) is 18.0. The molecule has 1 unspecified atom stereocenters. The molecule has 0 saturated carbocycles. The van der Waals surface area contributed by atoms with Crippen LogP contribution in [0.15, 0.2) is 53.0 Å². The molecule has 2 heterocycles. The van der Waals surface area contributed by atoms with Gasteiger partial charge >= 0.3 is 6.18 Å². The van der Waals surface area contributed by atoms with Gasteiger partial charge in [0.15, 0.2) is 0 Å². The number of carbonyl (C=O) groups is 1. The number of hydrogen-bond donors (Lipinski definition) is 0. The molecule has 1 amide bonds. The fourth-order valence-electron chi connectivity index (χ4n) is 4.35. The van der Waals surface area contributed by atoms with Gasteiger partial charge in [-0.15, -0.1) is 11.8 Å². The molecule has 33 heavy (non-hydrogen) atoms. The van der Waals surface area contributed by atoms with Gasteiger partial charge in [0.05, 0.1) is 15.0 Å². The highest BCUT2D eigenvalue weighted by Gasteiger charge is 2.57. The smallest absolute Gasteiger partial charge is 0.307 e. The average Bonchev–Trinajstić information content (AvgIpc) is 2.77. The Kier molecular flexibility index (Phi) is 7.22. The van der Waals surface area contributed by atoms with Crippen LogP contribution in [0.5, 0.6) is 0 Å². The van der Waals surface area contributed by atoms with Crippen LogP contribution in [0.1, 0.15) is 6.42 Å². The van der Waals surface area contributed by atoms with Crippen LogP contribution < -0.4 is 4.90 Å². The zero-order valence-corrected chi connectivity index (χ0v) is 20.4. The number of hydrogen-bond acceptors (Lipinski definition) is 4. The summed E-state index contributed by atoms with van der Waals surface area (Å²) in [7, 11) is 1.91. The van der Waals surface area contributed by atoms with Crippen molar-refractivity contribution in [3.8, 4) is 0 Å². The normalized spacial score (nSPS) is 26.7. The number of benzene rings is 1. The second kappa shape index (κ2) is 9.66. The number of nitrogens with zero attached hydrogens (tertiary/aromatic N) is 3. The third kappa shape index (κ3) is 5.00. The van der Waals surface area contributed by atoms with E-state index >= 15 is 0 Å². The summed E-state index contributed by atoms with van der Waals surface area (Å²) in [6.07, 6.45) is 1.52. The molecule has 3 aliphatic rings. The monoisotopic (exact) mass is 517 g/mol. The van der Waals surface area contributed by atoms with Gasteiger partial charge in [0, 0.05) is 44.2 Å². The molecule has 1 aromatic carbocycles. The number of alkyl halides is 3. The topological polar surface area (TPSA) is 26.8 Å². The lowest BCUT2D eigenvalue weighted by Crippen LogP contribution is -2.62. The highest BCUT2D eigenvalue weighted by Crippen LogP contribution is 2.43. The van der Waals surface area contributed by atoms with Gasteiger partial charge in [-0.05, 0) is 49.4 Å². The second-order valence-electron chi connectivity index (χ2n) is 8.38. The molecular formula is C23H24Cl2F3N3OS. The largest absolute Gasteiger partial charge is 0.410 e. The van der Waals surface area contributed by atoms with E-state index < -0.39 is 11.7 Å². The minimum Gasteiger partial charge on any atom is -0.307 e. The van der Waals surface area contributed by atoms with Crippen molar-refractivity contribution in [3.05, 3.63) is 63.0 Å². The first-order valence-corrected chi connectivity index (χ1v) is 12.4. The van der Waals surface area contributed by atoms with E-state index in [0.29, 0.717) is 64.7 Å².